The number of fused-ring (bicyclic) bond motifs is 2. The largest absolute Gasteiger partial charge is 0.493 e. The minimum atomic E-state index is -0.930. The molecule has 0 aromatic heterocycles. The van der Waals surface area contributed by atoms with Crippen LogP contribution in [0.2, 0.25) is 0 Å². The Balaban J connectivity index is 1.63. The fourth-order valence-electron chi connectivity index (χ4n) is 4.63. The van der Waals surface area contributed by atoms with Gasteiger partial charge in [0.1, 0.15) is 5.75 Å². The number of carbonyl (C=O) groups excluding carboxylic acids is 1. The van der Waals surface area contributed by atoms with Gasteiger partial charge in [0, 0.05) is 24.9 Å². The van der Waals surface area contributed by atoms with Gasteiger partial charge in [0.25, 0.3) is 0 Å². The number of rotatable bonds is 2. The topological polar surface area (TPSA) is 66.8 Å². The number of carbonyl (C=O) groups is 2. The van der Waals surface area contributed by atoms with Crippen molar-refractivity contribution < 1.29 is 19.4 Å². The molecule has 0 bridgehead atoms. The quantitative estimate of drug-likeness (QED) is 0.904. The lowest BCUT2D eigenvalue weighted by Gasteiger charge is -2.27. The van der Waals surface area contributed by atoms with E-state index in [2.05, 4.69) is 0 Å². The van der Waals surface area contributed by atoms with Gasteiger partial charge in [0.05, 0.1) is 12.0 Å². The number of ether oxygens (including phenoxy) is 1. The molecule has 1 saturated heterocycles. The molecule has 5 heteroatoms. The van der Waals surface area contributed by atoms with Crippen LogP contribution in [0.1, 0.15) is 31.2 Å². The molecule has 5 nitrogen and oxygen atoms in total. The summed E-state index contributed by atoms with van der Waals surface area (Å²) in [6.07, 6.45) is 4.53. The zero-order chi connectivity index (χ0) is 16.7. The molecule has 24 heavy (non-hydrogen) atoms. The molecule has 0 spiro atoms. The van der Waals surface area contributed by atoms with Crippen molar-refractivity contribution in [2.75, 3.05) is 19.7 Å². The van der Waals surface area contributed by atoms with Gasteiger partial charge in [-0.2, -0.15) is 0 Å². The number of carboxylic acids is 1. The Labute approximate surface area is 141 Å². The first-order valence-electron chi connectivity index (χ1n) is 8.83. The van der Waals surface area contributed by atoms with E-state index in [4.69, 9.17) is 4.74 Å². The number of likely N-dealkylation sites (tertiary alicyclic amines) is 1. The van der Waals surface area contributed by atoms with Crippen molar-refractivity contribution in [3.8, 4) is 5.75 Å². The van der Waals surface area contributed by atoms with Crippen molar-refractivity contribution in [1.29, 1.82) is 0 Å². The van der Waals surface area contributed by atoms with Crippen LogP contribution < -0.4 is 4.74 Å². The lowest BCUT2D eigenvalue weighted by molar-refractivity contribution is -0.151. The molecule has 2 atom stereocenters. The van der Waals surface area contributed by atoms with Crippen LogP contribution in [-0.2, 0) is 16.0 Å². The lowest BCUT2D eigenvalue weighted by Crippen LogP contribution is -2.42. The lowest BCUT2D eigenvalue weighted by atomic mass is 9.74. The maximum atomic E-state index is 12.8. The van der Waals surface area contributed by atoms with Gasteiger partial charge in [0.15, 0.2) is 0 Å². The Bertz CT molecular complexity index is 667. The molecule has 1 N–H and O–H groups in total. The number of aliphatic carboxylic acids is 1. The van der Waals surface area contributed by atoms with E-state index < -0.39 is 11.4 Å². The van der Waals surface area contributed by atoms with Crippen molar-refractivity contribution in [3.05, 3.63) is 29.8 Å². The Morgan fingerprint density at radius 2 is 1.96 bits per heavy atom. The summed E-state index contributed by atoms with van der Waals surface area (Å²) in [4.78, 5) is 26.8. The fourth-order valence-corrected chi connectivity index (χ4v) is 4.63. The van der Waals surface area contributed by atoms with E-state index in [1.807, 2.05) is 24.3 Å². The van der Waals surface area contributed by atoms with E-state index >= 15 is 0 Å². The first-order valence-corrected chi connectivity index (χ1v) is 8.83. The number of hydrogen-bond donors (Lipinski definition) is 1. The van der Waals surface area contributed by atoms with Crippen molar-refractivity contribution in [2.24, 2.45) is 17.3 Å². The molecule has 1 unspecified atom stereocenters. The van der Waals surface area contributed by atoms with Gasteiger partial charge in [-0.1, -0.05) is 31.0 Å². The van der Waals surface area contributed by atoms with Gasteiger partial charge in [-0.3, -0.25) is 9.59 Å². The Hall–Kier alpha value is -2.04. The molecule has 2 aliphatic heterocycles. The standard InChI is InChI=1S/C19H23NO4/c21-17(13-5-1-2-6-13)20-10-15-11-24-16-8-4-3-7-14(16)9-19(15,12-20)18(22)23/h3-4,7-8,13,15H,1-2,5-6,9-12H2,(H,22,23)/t15?,19-/m1/s1. The molecule has 0 radical (unpaired) electrons. The highest BCUT2D eigenvalue weighted by Gasteiger charge is 2.55. The second kappa shape index (κ2) is 5.80. The van der Waals surface area contributed by atoms with E-state index in [1.165, 1.54) is 0 Å². The maximum Gasteiger partial charge on any atom is 0.312 e. The number of hydrogen-bond acceptors (Lipinski definition) is 3. The van der Waals surface area contributed by atoms with Crippen LogP contribution in [-0.4, -0.2) is 41.6 Å². The monoisotopic (exact) mass is 329 g/mol. The van der Waals surface area contributed by atoms with Gasteiger partial charge in [-0.05, 0) is 30.9 Å². The van der Waals surface area contributed by atoms with Crippen LogP contribution in [0.5, 0.6) is 5.75 Å². The average Bonchev–Trinajstić information content (AvgIpc) is 3.20. The predicted octanol–water partition coefficient (Wildman–Crippen LogP) is 2.34. The molecule has 1 aliphatic carbocycles. The Morgan fingerprint density at radius 1 is 1.21 bits per heavy atom. The molecule has 1 aromatic carbocycles. The van der Waals surface area contributed by atoms with Gasteiger partial charge in [-0.25, -0.2) is 0 Å². The summed E-state index contributed by atoms with van der Waals surface area (Å²) in [7, 11) is 0. The van der Waals surface area contributed by atoms with Crippen LogP contribution in [0.25, 0.3) is 0 Å². The van der Waals surface area contributed by atoms with Crippen molar-refractivity contribution >= 4 is 11.9 Å². The van der Waals surface area contributed by atoms with E-state index in [0.29, 0.717) is 26.1 Å². The number of para-hydroxylation sites is 1. The van der Waals surface area contributed by atoms with Crippen LogP contribution in [0.3, 0.4) is 0 Å². The summed E-state index contributed by atoms with van der Waals surface area (Å²) in [6, 6.07) is 7.65. The van der Waals surface area contributed by atoms with Crippen molar-refractivity contribution in [3.63, 3.8) is 0 Å². The average molecular weight is 329 g/mol. The van der Waals surface area contributed by atoms with Crippen LogP contribution >= 0.6 is 0 Å². The number of carboxylic acid groups (broad SMARTS) is 1. The molecule has 1 aromatic rings. The molecule has 4 rings (SSSR count). The van der Waals surface area contributed by atoms with Gasteiger partial charge in [0.2, 0.25) is 5.91 Å². The first kappa shape index (κ1) is 15.5. The molecule has 128 valence electrons. The molecule has 1 amide bonds. The number of benzene rings is 1. The summed E-state index contributed by atoms with van der Waals surface area (Å²) in [5.74, 6) is 0.0457. The fraction of sp³-hybridized carbons (Fsp3) is 0.579. The van der Waals surface area contributed by atoms with Gasteiger partial charge >= 0.3 is 5.97 Å². The maximum absolute atomic E-state index is 12.8. The molecular formula is C19H23NO4. The van der Waals surface area contributed by atoms with E-state index in [-0.39, 0.29) is 17.7 Å². The summed E-state index contributed by atoms with van der Waals surface area (Å²) in [6.45, 7) is 1.16. The Kier molecular flexibility index (Phi) is 3.74. The third kappa shape index (κ3) is 2.38. The zero-order valence-electron chi connectivity index (χ0n) is 13.7. The van der Waals surface area contributed by atoms with Crippen LogP contribution in [0.15, 0.2) is 24.3 Å². The minimum absolute atomic E-state index is 0.0893. The van der Waals surface area contributed by atoms with Crippen LogP contribution in [0.4, 0.5) is 0 Å². The second-order valence-electron chi connectivity index (χ2n) is 7.45. The van der Waals surface area contributed by atoms with Crippen molar-refractivity contribution in [2.45, 2.75) is 32.1 Å². The predicted molar refractivity (Wildman–Crippen MR) is 87.7 cm³/mol. The summed E-state index contributed by atoms with van der Waals surface area (Å²) < 4.78 is 5.89. The number of amides is 1. The SMILES string of the molecule is O=C(C1CCCC1)N1CC2COc3ccccc3C[C@@]2(C(=O)O)C1. The van der Waals surface area contributed by atoms with Crippen molar-refractivity contribution in [1.82, 2.24) is 4.90 Å². The van der Waals surface area contributed by atoms with E-state index in [0.717, 1.165) is 37.0 Å². The number of nitrogens with zero attached hydrogens (tertiary/aromatic N) is 1. The summed E-state index contributed by atoms with van der Waals surface area (Å²) in [5, 5.41) is 10.0. The van der Waals surface area contributed by atoms with Crippen LogP contribution in [0, 0.1) is 17.3 Å². The van der Waals surface area contributed by atoms with Gasteiger partial charge < -0.3 is 14.7 Å². The van der Waals surface area contributed by atoms with Gasteiger partial charge in [-0.15, -0.1) is 0 Å². The highest BCUT2D eigenvalue weighted by molar-refractivity contribution is 5.83. The Morgan fingerprint density at radius 3 is 2.71 bits per heavy atom. The summed E-state index contributed by atoms with van der Waals surface area (Å²) >= 11 is 0. The molecule has 2 fully saturated rings. The molecule has 1 saturated carbocycles. The third-order valence-electron chi connectivity index (χ3n) is 6.06. The molecular weight excluding hydrogens is 306 g/mol. The van der Waals surface area contributed by atoms with E-state index in [1.54, 1.807) is 4.90 Å². The smallest absolute Gasteiger partial charge is 0.312 e. The second-order valence-corrected chi connectivity index (χ2v) is 7.45. The highest BCUT2D eigenvalue weighted by atomic mass is 16.5. The van der Waals surface area contributed by atoms with E-state index in [9.17, 15) is 14.7 Å². The molecule has 3 aliphatic rings. The summed E-state index contributed by atoms with van der Waals surface area (Å²) in [5.41, 5.74) is -0.00139. The third-order valence-corrected chi connectivity index (χ3v) is 6.06. The minimum Gasteiger partial charge on any atom is -0.493 e. The molecule has 2 heterocycles. The zero-order valence-corrected chi connectivity index (χ0v) is 13.7. The normalized spacial score (nSPS) is 29.5. The first-order chi connectivity index (χ1) is 11.6. The highest BCUT2D eigenvalue weighted by Crippen LogP contribution is 2.44.